The van der Waals surface area contributed by atoms with Crippen molar-refractivity contribution in [2.45, 2.75) is 11.4 Å². The van der Waals surface area contributed by atoms with Gasteiger partial charge in [-0.15, -0.1) is 0 Å². The Labute approximate surface area is 113 Å². The number of hydrogen-bond donors (Lipinski definition) is 0. The van der Waals surface area contributed by atoms with Gasteiger partial charge in [0.1, 0.15) is 0 Å². The summed E-state index contributed by atoms with van der Waals surface area (Å²) in [6.45, 7) is 1.29. The van der Waals surface area contributed by atoms with Crippen LogP contribution < -0.4 is 4.90 Å². The molecule has 0 saturated heterocycles. The zero-order valence-corrected chi connectivity index (χ0v) is 11.3. The van der Waals surface area contributed by atoms with Crippen LogP contribution >= 0.6 is 0 Å². The van der Waals surface area contributed by atoms with E-state index < -0.39 is 9.84 Å². The summed E-state index contributed by atoms with van der Waals surface area (Å²) in [5.74, 6) is 0.191. The van der Waals surface area contributed by atoms with Crippen LogP contribution in [-0.2, 0) is 16.4 Å². The van der Waals surface area contributed by atoms with Gasteiger partial charge in [0.2, 0.25) is 0 Å². The standard InChI is InChI=1S/C15H15NO2S/c17-19(18)11-10-16(12-13-6-2-1-3-7-13)14-8-4-5-9-15(14)19/h1-9H,10-12H2. The van der Waals surface area contributed by atoms with Crippen molar-refractivity contribution in [3.05, 3.63) is 60.2 Å². The molecule has 0 aliphatic carbocycles. The average molecular weight is 273 g/mol. The molecule has 0 atom stereocenters. The molecule has 1 aliphatic rings. The van der Waals surface area contributed by atoms with E-state index in [2.05, 4.69) is 17.0 Å². The van der Waals surface area contributed by atoms with Gasteiger partial charge in [-0.1, -0.05) is 42.5 Å². The summed E-state index contributed by atoms with van der Waals surface area (Å²) in [4.78, 5) is 2.59. The molecule has 0 spiro atoms. The molecule has 0 aromatic heterocycles. The Kier molecular flexibility index (Phi) is 3.03. The van der Waals surface area contributed by atoms with Gasteiger partial charge in [-0.3, -0.25) is 0 Å². The Morgan fingerprint density at radius 2 is 1.63 bits per heavy atom. The number of para-hydroxylation sites is 1. The predicted octanol–water partition coefficient (Wildman–Crippen LogP) is 2.48. The molecule has 4 heteroatoms. The van der Waals surface area contributed by atoms with E-state index >= 15 is 0 Å². The fraction of sp³-hybridized carbons (Fsp3) is 0.200. The second-order valence-electron chi connectivity index (χ2n) is 4.69. The molecule has 3 nitrogen and oxygen atoms in total. The van der Waals surface area contributed by atoms with E-state index in [-0.39, 0.29) is 5.75 Å². The third kappa shape index (κ3) is 2.36. The van der Waals surface area contributed by atoms with Crippen LogP contribution in [0, 0.1) is 0 Å². The Bertz CT molecular complexity index is 680. The summed E-state index contributed by atoms with van der Waals surface area (Å²) >= 11 is 0. The predicted molar refractivity (Wildman–Crippen MR) is 76.0 cm³/mol. The molecule has 0 radical (unpaired) electrons. The number of rotatable bonds is 2. The maximum Gasteiger partial charge on any atom is 0.182 e. The van der Waals surface area contributed by atoms with Crippen molar-refractivity contribution >= 4 is 15.5 Å². The highest BCUT2D eigenvalue weighted by Gasteiger charge is 2.27. The Balaban J connectivity index is 1.97. The molecule has 19 heavy (non-hydrogen) atoms. The molecular weight excluding hydrogens is 258 g/mol. The fourth-order valence-electron chi connectivity index (χ4n) is 2.41. The first-order valence-electron chi connectivity index (χ1n) is 6.27. The summed E-state index contributed by atoms with van der Waals surface area (Å²) in [6, 6.07) is 17.4. The fourth-order valence-corrected chi connectivity index (χ4v) is 3.89. The van der Waals surface area contributed by atoms with Crippen molar-refractivity contribution in [2.24, 2.45) is 0 Å². The van der Waals surface area contributed by atoms with Gasteiger partial charge in [-0.2, -0.15) is 0 Å². The van der Waals surface area contributed by atoms with Gasteiger partial charge < -0.3 is 4.90 Å². The maximum atomic E-state index is 12.0. The number of anilines is 1. The minimum Gasteiger partial charge on any atom is -0.365 e. The number of fused-ring (bicyclic) bond motifs is 1. The molecule has 0 bridgehead atoms. The minimum absolute atomic E-state index is 0.191. The summed E-state index contributed by atoms with van der Waals surface area (Å²) in [7, 11) is -3.11. The molecule has 0 amide bonds. The lowest BCUT2D eigenvalue weighted by Crippen LogP contribution is -2.34. The van der Waals surface area contributed by atoms with Gasteiger partial charge in [0.15, 0.2) is 9.84 Å². The molecule has 98 valence electrons. The second kappa shape index (κ2) is 4.70. The molecule has 1 aliphatic heterocycles. The van der Waals surface area contributed by atoms with Crippen LogP contribution in [0.4, 0.5) is 5.69 Å². The monoisotopic (exact) mass is 273 g/mol. The summed E-state index contributed by atoms with van der Waals surface area (Å²) < 4.78 is 24.1. The number of benzene rings is 2. The van der Waals surface area contributed by atoms with E-state index in [9.17, 15) is 8.42 Å². The molecule has 3 rings (SSSR count). The van der Waals surface area contributed by atoms with E-state index in [0.717, 1.165) is 12.2 Å². The molecule has 0 fully saturated rings. The van der Waals surface area contributed by atoms with E-state index in [0.29, 0.717) is 11.4 Å². The molecular formula is C15H15NO2S. The minimum atomic E-state index is -3.11. The molecule has 2 aromatic rings. The first kappa shape index (κ1) is 12.2. The molecule has 0 N–H and O–H groups in total. The molecule has 0 saturated carbocycles. The average Bonchev–Trinajstić information content (AvgIpc) is 2.44. The summed E-state index contributed by atoms with van der Waals surface area (Å²) in [5, 5.41) is 0. The van der Waals surface area contributed by atoms with E-state index in [1.165, 1.54) is 5.56 Å². The van der Waals surface area contributed by atoms with Gasteiger partial charge in [-0.25, -0.2) is 8.42 Å². The van der Waals surface area contributed by atoms with Crippen molar-refractivity contribution in [2.75, 3.05) is 17.2 Å². The Morgan fingerprint density at radius 3 is 2.42 bits per heavy atom. The summed E-state index contributed by atoms with van der Waals surface area (Å²) in [6.07, 6.45) is 0. The van der Waals surface area contributed by atoms with Crippen LogP contribution in [0.3, 0.4) is 0 Å². The third-order valence-electron chi connectivity index (χ3n) is 3.39. The number of hydrogen-bond acceptors (Lipinski definition) is 3. The highest BCUT2D eigenvalue weighted by Crippen LogP contribution is 2.31. The van der Waals surface area contributed by atoms with Gasteiger partial charge in [0.25, 0.3) is 0 Å². The van der Waals surface area contributed by atoms with Crippen molar-refractivity contribution < 1.29 is 8.42 Å². The quantitative estimate of drug-likeness (QED) is 0.843. The van der Waals surface area contributed by atoms with Crippen LogP contribution in [0.2, 0.25) is 0 Å². The lowest BCUT2D eigenvalue weighted by Gasteiger charge is -2.31. The molecule has 0 unspecified atom stereocenters. The van der Waals surface area contributed by atoms with Crippen LogP contribution in [0.25, 0.3) is 0 Å². The Hall–Kier alpha value is -1.81. The zero-order chi connectivity index (χ0) is 13.3. The van der Waals surface area contributed by atoms with Crippen LogP contribution in [-0.4, -0.2) is 20.7 Å². The first-order chi connectivity index (χ1) is 9.17. The van der Waals surface area contributed by atoms with Crippen LogP contribution in [0.15, 0.2) is 59.5 Å². The van der Waals surface area contributed by atoms with Crippen molar-refractivity contribution in [1.29, 1.82) is 0 Å². The van der Waals surface area contributed by atoms with Gasteiger partial charge in [0.05, 0.1) is 16.3 Å². The molecule has 1 heterocycles. The largest absolute Gasteiger partial charge is 0.365 e. The number of nitrogens with zero attached hydrogens (tertiary/aromatic N) is 1. The highest BCUT2D eigenvalue weighted by atomic mass is 32.2. The van der Waals surface area contributed by atoms with Crippen molar-refractivity contribution in [1.82, 2.24) is 0 Å². The molecule has 2 aromatic carbocycles. The summed E-state index contributed by atoms with van der Waals surface area (Å²) in [5.41, 5.74) is 2.01. The van der Waals surface area contributed by atoms with E-state index in [4.69, 9.17) is 0 Å². The zero-order valence-electron chi connectivity index (χ0n) is 10.5. The highest BCUT2D eigenvalue weighted by molar-refractivity contribution is 7.91. The van der Waals surface area contributed by atoms with Crippen molar-refractivity contribution in [3.63, 3.8) is 0 Å². The topological polar surface area (TPSA) is 37.4 Å². The van der Waals surface area contributed by atoms with Gasteiger partial charge in [-0.05, 0) is 17.7 Å². The Morgan fingerprint density at radius 1 is 0.947 bits per heavy atom. The number of sulfone groups is 1. The van der Waals surface area contributed by atoms with E-state index in [1.807, 2.05) is 30.3 Å². The lowest BCUT2D eigenvalue weighted by molar-refractivity contribution is 0.589. The smallest absolute Gasteiger partial charge is 0.182 e. The van der Waals surface area contributed by atoms with E-state index in [1.54, 1.807) is 12.1 Å². The van der Waals surface area contributed by atoms with Crippen LogP contribution in [0.1, 0.15) is 5.56 Å². The lowest BCUT2D eigenvalue weighted by atomic mass is 10.2. The van der Waals surface area contributed by atoms with Gasteiger partial charge >= 0.3 is 0 Å². The van der Waals surface area contributed by atoms with Gasteiger partial charge in [0, 0.05) is 13.1 Å². The third-order valence-corrected chi connectivity index (χ3v) is 5.12. The van der Waals surface area contributed by atoms with Crippen LogP contribution in [0.5, 0.6) is 0 Å². The normalized spacial score (nSPS) is 16.9. The first-order valence-corrected chi connectivity index (χ1v) is 7.93. The SMILES string of the molecule is O=S1(=O)CCN(Cc2ccccc2)c2ccccc21. The maximum absolute atomic E-state index is 12.0. The van der Waals surface area contributed by atoms with Crippen molar-refractivity contribution in [3.8, 4) is 0 Å². The second-order valence-corrected chi connectivity index (χ2v) is 6.77.